The standard InChI is InChI=1S/C22H22N2O5S/c1-3-10-22(28,11-4-2)14-29-16-7-5-15(6-8-16)17-13-30-20(19(17)21(26)27)24-18(25)9-12-23/h3-8,13,28H,1-2,9-11,14H2,(H,24,25)(H,26,27). The maximum absolute atomic E-state index is 11.7. The summed E-state index contributed by atoms with van der Waals surface area (Å²) in [5.74, 6) is -1.23. The fraction of sp³-hybridized carbons (Fsp3) is 0.227. The van der Waals surface area contributed by atoms with Crippen molar-refractivity contribution in [3.8, 4) is 22.9 Å². The molecule has 0 bridgehead atoms. The number of thiophene rings is 1. The molecule has 1 aromatic heterocycles. The van der Waals surface area contributed by atoms with Gasteiger partial charge in [-0.3, -0.25) is 4.79 Å². The lowest BCUT2D eigenvalue weighted by atomic mass is 9.97. The number of aromatic carboxylic acids is 1. The van der Waals surface area contributed by atoms with Crippen molar-refractivity contribution in [2.75, 3.05) is 11.9 Å². The van der Waals surface area contributed by atoms with Gasteiger partial charge in [0.25, 0.3) is 0 Å². The molecule has 0 aliphatic heterocycles. The van der Waals surface area contributed by atoms with Gasteiger partial charge >= 0.3 is 5.97 Å². The number of amides is 1. The Balaban J connectivity index is 2.20. The molecule has 30 heavy (non-hydrogen) atoms. The van der Waals surface area contributed by atoms with E-state index in [0.29, 0.717) is 29.7 Å². The minimum Gasteiger partial charge on any atom is -0.491 e. The van der Waals surface area contributed by atoms with Crippen LogP contribution >= 0.6 is 11.3 Å². The van der Waals surface area contributed by atoms with Gasteiger partial charge in [0, 0.05) is 10.9 Å². The molecule has 8 heteroatoms. The molecule has 3 N–H and O–H groups in total. The third-order valence-corrected chi connectivity index (χ3v) is 5.11. The first-order chi connectivity index (χ1) is 14.3. The van der Waals surface area contributed by atoms with Crippen LogP contribution in [0.25, 0.3) is 11.1 Å². The number of rotatable bonds is 11. The van der Waals surface area contributed by atoms with Crippen molar-refractivity contribution in [3.63, 3.8) is 0 Å². The molecular formula is C22H22N2O5S. The van der Waals surface area contributed by atoms with Crippen LogP contribution < -0.4 is 10.1 Å². The van der Waals surface area contributed by atoms with Crippen molar-refractivity contribution in [3.05, 3.63) is 60.5 Å². The first kappa shape index (κ1) is 22.9. The molecule has 0 radical (unpaired) electrons. The summed E-state index contributed by atoms with van der Waals surface area (Å²) in [7, 11) is 0. The van der Waals surface area contributed by atoms with Crippen LogP contribution in [0.3, 0.4) is 0 Å². The maximum atomic E-state index is 11.7. The SMILES string of the molecule is C=CCC(O)(CC=C)COc1ccc(-c2csc(NC(=O)CC#N)c2C(=O)O)cc1. The summed E-state index contributed by atoms with van der Waals surface area (Å²) in [5, 5.41) is 33.0. The molecule has 1 heterocycles. The van der Waals surface area contributed by atoms with Gasteiger partial charge in [0.05, 0.1) is 6.07 Å². The Morgan fingerprint density at radius 3 is 2.40 bits per heavy atom. The minimum atomic E-state index is -1.18. The van der Waals surface area contributed by atoms with Gasteiger partial charge in [-0.05, 0) is 30.5 Å². The highest BCUT2D eigenvalue weighted by Crippen LogP contribution is 2.36. The van der Waals surface area contributed by atoms with E-state index in [4.69, 9.17) is 10.00 Å². The number of hydrogen-bond donors (Lipinski definition) is 3. The molecular weight excluding hydrogens is 404 g/mol. The molecule has 0 saturated carbocycles. The van der Waals surface area contributed by atoms with Gasteiger partial charge in [-0.1, -0.05) is 24.3 Å². The number of benzene rings is 1. The highest BCUT2D eigenvalue weighted by atomic mass is 32.1. The Hall–Kier alpha value is -3.41. The molecule has 1 amide bonds. The number of carbonyl (C=O) groups is 2. The summed E-state index contributed by atoms with van der Waals surface area (Å²) in [6.07, 6.45) is 3.59. The van der Waals surface area contributed by atoms with Gasteiger partial charge in [0.1, 0.15) is 34.9 Å². The van der Waals surface area contributed by atoms with Crippen LogP contribution in [0.2, 0.25) is 0 Å². The number of hydrogen-bond acceptors (Lipinski definition) is 6. The first-order valence-electron chi connectivity index (χ1n) is 9.02. The summed E-state index contributed by atoms with van der Waals surface area (Å²) < 4.78 is 5.68. The molecule has 1 aromatic carbocycles. The van der Waals surface area contributed by atoms with Crippen LogP contribution in [0.5, 0.6) is 5.75 Å². The summed E-state index contributed by atoms with van der Waals surface area (Å²) in [6.45, 7) is 7.34. The molecule has 0 unspecified atom stereocenters. The lowest BCUT2D eigenvalue weighted by Crippen LogP contribution is -2.34. The second-order valence-corrected chi connectivity index (χ2v) is 7.44. The number of anilines is 1. The predicted molar refractivity (Wildman–Crippen MR) is 116 cm³/mol. The van der Waals surface area contributed by atoms with Crippen molar-refractivity contribution in [2.24, 2.45) is 0 Å². The number of aliphatic hydroxyl groups is 1. The maximum Gasteiger partial charge on any atom is 0.339 e. The highest BCUT2D eigenvalue weighted by molar-refractivity contribution is 7.15. The lowest BCUT2D eigenvalue weighted by molar-refractivity contribution is -0.115. The summed E-state index contributed by atoms with van der Waals surface area (Å²) in [5.41, 5.74) is -0.0561. The van der Waals surface area contributed by atoms with Crippen LogP contribution in [0.15, 0.2) is 55.0 Å². The van der Waals surface area contributed by atoms with Crippen molar-refractivity contribution >= 4 is 28.2 Å². The monoisotopic (exact) mass is 426 g/mol. The largest absolute Gasteiger partial charge is 0.491 e. The zero-order chi connectivity index (χ0) is 22.1. The molecule has 0 spiro atoms. The van der Waals surface area contributed by atoms with Gasteiger partial charge in [-0.2, -0.15) is 5.26 Å². The number of nitrogens with zero attached hydrogens (tertiary/aromatic N) is 1. The Bertz CT molecular complexity index is 962. The topological polar surface area (TPSA) is 120 Å². The van der Waals surface area contributed by atoms with Crippen molar-refractivity contribution in [1.82, 2.24) is 0 Å². The molecule has 0 aliphatic rings. The molecule has 7 nitrogen and oxygen atoms in total. The van der Waals surface area contributed by atoms with Crippen LogP contribution in [0.4, 0.5) is 5.00 Å². The van der Waals surface area contributed by atoms with Gasteiger partial charge in [-0.25, -0.2) is 4.79 Å². The van der Waals surface area contributed by atoms with Gasteiger partial charge in [0.2, 0.25) is 5.91 Å². The Kier molecular flexibility index (Phi) is 7.92. The Morgan fingerprint density at radius 1 is 1.23 bits per heavy atom. The molecule has 0 saturated heterocycles. The number of ether oxygens (including phenoxy) is 1. The number of carbonyl (C=O) groups excluding carboxylic acids is 1. The third kappa shape index (κ3) is 5.80. The second kappa shape index (κ2) is 10.4. The summed E-state index contributed by atoms with van der Waals surface area (Å²) >= 11 is 1.08. The van der Waals surface area contributed by atoms with E-state index in [-0.39, 0.29) is 23.6 Å². The number of nitrogens with one attached hydrogen (secondary N) is 1. The smallest absolute Gasteiger partial charge is 0.339 e. The predicted octanol–water partition coefficient (Wildman–Crippen LogP) is 4.23. The van der Waals surface area contributed by atoms with Gasteiger partial charge in [-0.15, -0.1) is 24.5 Å². The fourth-order valence-electron chi connectivity index (χ4n) is 2.80. The van der Waals surface area contributed by atoms with Crippen LogP contribution in [-0.2, 0) is 4.79 Å². The lowest BCUT2D eigenvalue weighted by Gasteiger charge is -2.25. The van der Waals surface area contributed by atoms with E-state index < -0.39 is 17.5 Å². The minimum absolute atomic E-state index is 0.0358. The zero-order valence-electron chi connectivity index (χ0n) is 16.3. The second-order valence-electron chi connectivity index (χ2n) is 6.56. The van der Waals surface area contributed by atoms with Crippen molar-refractivity contribution < 1.29 is 24.5 Å². The van der Waals surface area contributed by atoms with E-state index in [1.807, 2.05) is 0 Å². The average Bonchev–Trinajstić information content (AvgIpc) is 3.11. The number of carboxylic acid groups (broad SMARTS) is 1. The number of nitriles is 1. The quantitative estimate of drug-likeness (QED) is 0.463. The van der Waals surface area contributed by atoms with Crippen LogP contribution in [-0.4, -0.2) is 34.3 Å². The first-order valence-corrected chi connectivity index (χ1v) is 9.90. The summed E-state index contributed by atoms with van der Waals surface area (Å²) in [4.78, 5) is 23.4. The average molecular weight is 426 g/mol. The molecule has 0 aliphatic carbocycles. The van der Waals surface area contributed by atoms with E-state index >= 15 is 0 Å². The van der Waals surface area contributed by atoms with Crippen molar-refractivity contribution in [1.29, 1.82) is 5.26 Å². The third-order valence-electron chi connectivity index (χ3n) is 4.22. The van der Waals surface area contributed by atoms with E-state index in [2.05, 4.69) is 18.5 Å². The zero-order valence-corrected chi connectivity index (χ0v) is 17.1. The van der Waals surface area contributed by atoms with E-state index in [1.165, 1.54) is 0 Å². The Labute approximate surface area is 178 Å². The van der Waals surface area contributed by atoms with Gasteiger partial charge < -0.3 is 20.3 Å². The highest BCUT2D eigenvalue weighted by Gasteiger charge is 2.25. The fourth-order valence-corrected chi connectivity index (χ4v) is 3.78. The molecule has 2 aromatic rings. The molecule has 0 fully saturated rings. The van der Waals surface area contributed by atoms with Crippen molar-refractivity contribution in [2.45, 2.75) is 24.9 Å². The molecule has 2 rings (SSSR count). The number of carboxylic acids is 1. The van der Waals surface area contributed by atoms with Crippen LogP contribution in [0, 0.1) is 11.3 Å². The molecule has 0 atom stereocenters. The van der Waals surface area contributed by atoms with Crippen LogP contribution in [0.1, 0.15) is 29.6 Å². The van der Waals surface area contributed by atoms with E-state index in [9.17, 15) is 19.8 Å². The normalized spacial score (nSPS) is 10.7. The van der Waals surface area contributed by atoms with E-state index in [0.717, 1.165) is 11.3 Å². The molecule has 156 valence electrons. The van der Waals surface area contributed by atoms with E-state index in [1.54, 1.807) is 47.9 Å². The summed E-state index contributed by atoms with van der Waals surface area (Å²) in [6, 6.07) is 8.47. The Morgan fingerprint density at radius 2 is 1.87 bits per heavy atom. The van der Waals surface area contributed by atoms with Gasteiger partial charge in [0.15, 0.2) is 0 Å².